The summed E-state index contributed by atoms with van der Waals surface area (Å²) in [7, 11) is 0. The minimum Gasteiger partial charge on any atom is -0.341 e. The van der Waals surface area contributed by atoms with Crippen LogP contribution in [0, 0.1) is 23.0 Å². The maximum atomic E-state index is 14.4. The van der Waals surface area contributed by atoms with Crippen molar-refractivity contribution in [3.8, 4) is 6.07 Å². The highest BCUT2D eigenvalue weighted by Gasteiger charge is 2.29. The minimum atomic E-state index is -0.638. The number of carbonyl (C=O) groups excluding carboxylic acids is 1. The fraction of sp³-hybridized carbons (Fsp3) is 0.130. The van der Waals surface area contributed by atoms with Gasteiger partial charge in [0.25, 0.3) is 5.91 Å². The fourth-order valence-corrected chi connectivity index (χ4v) is 3.51. The van der Waals surface area contributed by atoms with E-state index in [4.69, 9.17) is 5.26 Å². The van der Waals surface area contributed by atoms with E-state index in [9.17, 15) is 13.6 Å². The lowest BCUT2D eigenvalue weighted by Gasteiger charge is -2.35. The van der Waals surface area contributed by atoms with E-state index in [-0.39, 0.29) is 5.91 Å². The molecular formula is C23H17F2N3O. The summed E-state index contributed by atoms with van der Waals surface area (Å²) in [5.74, 6) is -0.917. The van der Waals surface area contributed by atoms with E-state index in [1.807, 2.05) is 6.92 Å². The van der Waals surface area contributed by atoms with Crippen LogP contribution in [0.4, 0.5) is 8.78 Å². The zero-order chi connectivity index (χ0) is 20.5. The third-order valence-electron chi connectivity index (χ3n) is 5.07. The summed E-state index contributed by atoms with van der Waals surface area (Å²) in [6, 6.07) is 12.5. The normalized spacial score (nSPS) is 15.9. The Hall–Kier alpha value is -3.72. The summed E-state index contributed by atoms with van der Waals surface area (Å²) in [6.07, 6.45) is 3.87. The van der Waals surface area contributed by atoms with Crippen molar-refractivity contribution >= 4 is 17.2 Å². The van der Waals surface area contributed by atoms with Gasteiger partial charge in [-0.05, 0) is 53.5 Å². The number of hydrogen-bond donors (Lipinski definition) is 1. The van der Waals surface area contributed by atoms with Crippen molar-refractivity contribution in [2.75, 3.05) is 6.54 Å². The van der Waals surface area contributed by atoms with E-state index in [0.29, 0.717) is 41.2 Å². The van der Waals surface area contributed by atoms with Gasteiger partial charge in [0.15, 0.2) is 0 Å². The molecule has 0 aromatic heterocycles. The molecule has 2 aliphatic rings. The van der Waals surface area contributed by atoms with Crippen LogP contribution in [-0.4, -0.2) is 17.4 Å². The topological polar surface area (TPSA) is 56.1 Å². The Balaban J connectivity index is 1.74. The summed E-state index contributed by atoms with van der Waals surface area (Å²) in [5, 5.41) is 12.2. The molecule has 0 unspecified atom stereocenters. The summed E-state index contributed by atoms with van der Waals surface area (Å²) in [5.41, 5.74) is 3.74. The predicted molar refractivity (Wildman–Crippen MR) is 106 cm³/mol. The van der Waals surface area contributed by atoms with Gasteiger partial charge in [-0.2, -0.15) is 5.26 Å². The monoisotopic (exact) mass is 389 g/mol. The Morgan fingerprint density at radius 2 is 1.90 bits per heavy atom. The Morgan fingerprint density at radius 3 is 2.55 bits per heavy atom. The van der Waals surface area contributed by atoms with Gasteiger partial charge in [0, 0.05) is 24.3 Å². The second-order valence-electron chi connectivity index (χ2n) is 6.82. The standard InChI is InChI=1S/C23H17F2N3O/c1-2-15-13-28-22(10-19(15)18-8-7-17(24)9-20(18)25)27-21(11-23(28)29)16-5-3-14(12-26)4-6-16/h3-11,27H,2,13H2,1H3. The van der Waals surface area contributed by atoms with Crippen LogP contribution in [0.3, 0.4) is 0 Å². The molecule has 0 fully saturated rings. The molecule has 144 valence electrons. The van der Waals surface area contributed by atoms with E-state index in [1.165, 1.54) is 18.2 Å². The van der Waals surface area contributed by atoms with Gasteiger partial charge < -0.3 is 5.32 Å². The van der Waals surface area contributed by atoms with Crippen LogP contribution in [-0.2, 0) is 4.79 Å². The highest BCUT2D eigenvalue weighted by Crippen LogP contribution is 2.33. The molecule has 0 atom stereocenters. The first-order chi connectivity index (χ1) is 14.0. The average Bonchev–Trinajstić information content (AvgIpc) is 2.73. The molecule has 2 aromatic rings. The quantitative estimate of drug-likeness (QED) is 0.850. The molecule has 2 aromatic carbocycles. The maximum absolute atomic E-state index is 14.4. The summed E-state index contributed by atoms with van der Waals surface area (Å²) in [6.45, 7) is 2.27. The second-order valence-corrected chi connectivity index (χ2v) is 6.82. The number of amides is 1. The number of hydrogen-bond acceptors (Lipinski definition) is 3. The molecule has 2 aliphatic heterocycles. The first-order valence-corrected chi connectivity index (χ1v) is 9.20. The van der Waals surface area contributed by atoms with Gasteiger partial charge in [-0.15, -0.1) is 0 Å². The van der Waals surface area contributed by atoms with Crippen molar-refractivity contribution in [1.29, 1.82) is 5.26 Å². The molecule has 29 heavy (non-hydrogen) atoms. The first kappa shape index (κ1) is 18.6. The third-order valence-corrected chi connectivity index (χ3v) is 5.07. The van der Waals surface area contributed by atoms with Crippen molar-refractivity contribution < 1.29 is 13.6 Å². The fourth-order valence-electron chi connectivity index (χ4n) is 3.51. The van der Waals surface area contributed by atoms with E-state index in [1.54, 1.807) is 35.2 Å². The molecule has 4 nitrogen and oxygen atoms in total. The van der Waals surface area contributed by atoms with E-state index in [0.717, 1.165) is 17.2 Å². The number of rotatable bonds is 3. The van der Waals surface area contributed by atoms with Crippen LogP contribution < -0.4 is 5.32 Å². The molecule has 4 rings (SSSR count). The van der Waals surface area contributed by atoms with Gasteiger partial charge in [-0.25, -0.2) is 8.78 Å². The molecule has 0 bridgehead atoms. The van der Waals surface area contributed by atoms with E-state index in [2.05, 4.69) is 11.4 Å². The molecule has 1 amide bonds. The predicted octanol–water partition coefficient (Wildman–Crippen LogP) is 4.33. The van der Waals surface area contributed by atoms with Crippen LogP contribution in [0.5, 0.6) is 0 Å². The Bertz CT molecular complexity index is 1140. The Labute approximate surface area is 167 Å². The van der Waals surface area contributed by atoms with Gasteiger partial charge in [0.2, 0.25) is 0 Å². The molecule has 0 saturated heterocycles. The molecular weight excluding hydrogens is 372 g/mol. The number of carbonyl (C=O) groups is 1. The molecule has 6 heteroatoms. The first-order valence-electron chi connectivity index (χ1n) is 9.20. The third kappa shape index (κ3) is 3.43. The summed E-state index contributed by atoms with van der Waals surface area (Å²) >= 11 is 0. The molecule has 0 aliphatic carbocycles. The van der Waals surface area contributed by atoms with Gasteiger partial charge in [0.05, 0.1) is 17.3 Å². The van der Waals surface area contributed by atoms with Crippen LogP contribution >= 0.6 is 0 Å². The number of nitriles is 1. The number of nitrogens with zero attached hydrogens (tertiary/aromatic N) is 2. The molecule has 0 radical (unpaired) electrons. The lowest BCUT2D eigenvalue weighted by molar-refractivity contribution is -0.124. The van der Waals surface area contributed by atoms with Crippen LogP contribution in [0.2, 0.25) is 0 Å². The van der Waals surface area contributed by atoms with Crippen molar-refractivity contribution in [1.82, 2.24) is 10.2 Å². The van der Waals surface area contributed by atoms with Crippen molar-refractivity contribution in [2.45, 2.75) is 13.3 Å². The Morgan fingerprint density at radius 1 is 1.14 bits per heavy atom. The van der Waals surface area contributed by atoms with E-state index >= 15 is 0 Å². The zero-order valence-electron chi connectivity index (χ0n) is 15.7. The minimum absolute atomic E-state index is 0.182. The number of fused-ring (bicyclic) bond motifs is 1. The molecule has 1 N–H and O–H groups in total. The number of halogens is 2. The average molecular weight is 389 g/mol. The van der Waals surface area contributed by atoms with Crippen molar-refractivity contribution in [3.05, 3.63) is 94.3 Å². The van der Waals surface area contributed by atoms with E-state index < -0.39 is 11.6 Å². The van der Waals surface area contributed by atoms with Crippen LogP contribution in [0.1, 0.15) is 30.0 Å². The maximum Gasteiger partial charge on any atom is 0.254 e. The highest BCUT2D eigenvalue weighted by molar-refractivity contribution is 5.99. The number of benzene rings is 2. The molecule has 0 saturated carbocycles. The molecule has 2 heterocycles. The van der Waals surface area contributed by atoms with Crippen LogP contribution in [0.25, 0.3) is 11.3 Å². The summed E-state index contributed by atoms with van der Waals surface area (Å²) < 4.78 is 27.8. The smallest absolute Gasteiger partial charge is 0.254 e. The van der Waals surface area contributed by atoms with Gasteiger partial charge >= 0.3 is 0 Å². The van der Waals surface area contributed by atoms with Crippen molar-refractivity contribution in [3.63, 3.8) is 0 Å². The van der Waals surface area contributed by atoms with Crippen molar-refractivity contribution in [2.24, 2.45) is 0 Å². The lowest BCUT2D eigenvalue weighted by atomic mass is 9.93. The SMILES string of the molecule is CCC1=C(c2ccc(F)cc2F)C=C2NC(c3ccc(C#N)cc3)=CC(=O)N2C1. The van der Waals surface area contributed by atoms with Gasteiger partial charge in [-0.3, -0.25) is 9.69 Å². The number of allylic oxidation sites excluding steroid dienone is 2. The Kier molecular flexibility index (Phi) is 4.73. The second kappa shape index (κ2) is 7.36. The lowest BCUT2D eigenvalue weighted by Crippen LogP contribution is -2.42. The van der Waals surface area contributed by atoms with Gasteiger partial charge in [0.1, 0.15) is 17.5 Å². The molecule has 0 spiro atoms. The van der Waals surface area contributed by atoms with Gasteiger partial charge in [-0.1, -0.05) is 19.1 Å². The highest BCUT2D eigenvalue weighted by atomic mass is 19.1. The number of nitrogens with one attached hydrogen (secondary N) is 1. The largest absolute Gasteiger partial charge is 0.341 e. The zero-order valence-corrected chi connectivity index (χ0v) is 15.7. The van der Waals surface area contributed by atoms with Crippen LogP contribution in [0.15, 0.2) is 66.0 Å². The summed E-state index contributed by atoms with van der Waals surface area (Å²) in [4.78, 5) is 14.3.